The van der Waals surface area contributed by atoms with Gasteiger partial charge in [-0.15, -0.1) is 0 Å². The van der Waals surface area contributed by atoms with Gasteiger partial charge in [0, 0.05) is 6.54 Å². The zero-order valence-corrected chi connectivity index (χ0v) is 13.5. The van der Waals surface area contributed by atoms with Gasteiger partial charge >= 0.3 is 12.3 Å². The van der Waals surface area contributed by atoms with Crippen molar-refractivity contribution in [1.82, 2.24) is 5.32 Å². The van der Waals surface area contributed by atoms with Crippen LogP contribution in [-0.2, 0) is 11.3 Å². The third-order valence-corrected chi connectivity index (χ3v) is 2.58. The summed E-state index contributed by atoms with van der Waals surface area (Å²) in [7, 11) is 0. The first-order valence-corrected chi connectivity index (χ1v) is 6.97. The molecule has 5 nitrogen and oxygen atoms in total. The largest absolute Gasteiger partial charge is 0.446 e. The number of alkyl carbamates (subject to hydrolysis) is 1. The van der Waals surface area contributed by atoms with Crippen LogP contribution in [0.25, 0.3) is 0 Å². The second-order valence-corrected chi connectivity index (χ2v) is 5.93. The van der Waals surface area contributed by atoms with Gasteiger partial charge in [-0.25, -0.2) is 4.79 Å². The molecule has 0 unspecified atom stereocenters. The van der Waals surface area contributed by atoms with Crippen LogP contribution in [0.4, 0.5) is 23.7 Å². The number of rotatable bonds is 4. The molecule has 1 aromatic rings. The number of hydrogen-bond donors (Lipinski definition) is 2. The van der Waals surface area contributed by atoms with Gasteiger partial charge in [0.15, 0.2) is 0 Å². The van der Waals surface area contributed by atoms with E-state index in [1.165, 1.54) is 12.1 Å². The van der Waals surface area contributed by atoms with Crippen LogP contribution in [0.2, 0.25) is 0 Å². The molecule has 1 amide bonds. The number of hydrogen-bond acceptors (Lipinski definition) is 4. The molecule has 2 N–H and O–H groups in total. The Hall–Kier alpha value is -1.96. The maximum atomic E-state index is 12.2. The third-order valence-electron chi connectivity index (χ3n) is 2.28. The molecule has 0 saturated heterocycles. The lowest BCUT2D eigenvalue weighted by Gasteiger charge is -2.19. The SMILES string of the molecule is CC(C)(C)OC(=O)NCc1cccc(N/N=C(\Cl)C(F)(F)F)c1. The van der Waals surface area contributed by atoms with E-state index < -0.39 is 23.0 Å². The maximum absolute atomic E-state index is 12.2. The number of benzene rings is 1. The summed E-state index contributed by atoms with van der Waals surface area (Å²) >= 11 is 5.00. The third kappa shape index (κ3) is 7.73. The second kappa shape index (κ2) is 7.54. The second-order valence-electron chi connectivity index (χ2n) is 5.57. The minimum absolute atomic E-state index is 0.154. The first-order valence-electron chi connectivity index (χ1n) is 6.59. The van der Waals surface area contributed by atoms with Crippen LogP contribution in [0, 0.1) is 0 Å². The van der Waals surface area contributed by atoms with Gasteiger partial charge in [0.05, 0.1) is 5.69 Å². The summed E-state index contributed by atoms with van der Waals surface area (Å²) in [6.07, 6.45) is -5.29. The fourth-order valence-corrected chi connectivity index (χ4v) is 1.46. The number of nitrogens with zero attached hydrogens (tertiary/aromatic N) is 1. The van der Waals surface area contributed by atoms with Crippen LogP contribution in [0.5, 0.6) is 0 Å². The molecule has 0 atom stereocenters. The number of hydrazone groups is 1. The Labute approximate surface area is 136 Å². The summed E-state index contributed by atoms with van der Waals surface area (Å²) in [6.45, 7) is 5.36. The highest BCUT2D eigenvalue weighted by molar-refractivity contribution is 6.66. The predicted molar refractivity (Wildman–Crippen MR) is 82.5 cm³/mol. The molecule has 0 fully saturated rings. The van der Waals surface area contributed by atoms with Crippen LogP contribution in [0.15, 0.2) is 29.4 Å². The predicted octanol–water partition coefficient (Wildman–Crippen LogP) is 4.24. The van der Waals surface area contributed by atoms with Gasteiger partial charge in [-0.1, -0.05) is 23.7 Å². The van der Waals surface area contributed by atoms with Crippen LogP contribution < -0.4 is 10.7 Å². The summed E-state index contributed by atoms with van der Waals surface area (Å²) in [5.74, 6) is 0. The van der Waals surface area contributed by atoms with Crippen LogP contribution >= 0.6 is 11.6 Å². The minimum atomic E-state index is -4.70. The van der Waals surface area contributed by atoms with E-state index in [1.807, 2.05) is 0 Å². The Morgan fingerprint density at radius 2 is 1.96 bits per heavy atom. The van der Waals surface area contributed by atoms with Crippen molar-refractivity contribution >= 4 is 28.6 Å². The first kappa shape index (κ1) is 19.1. The molecular weight excluding hydrogens is 335 g/mol. The molecule has 0 spiro atoms. The molecule has 9 heteroatoms. The molecular formula is C14H17ClF3N3O2. The average molecular weight is 352 g/mol. The number of ether oxygens (including phenoxy) is 1. The zero-order valence-electron chi connectivity index (χ0n) is 12.8. The number of carbonyl (C=O) groups excluding carboxylic acids is 1. The van der Waals surface area contributed by atoms with Crippen molar-refractivity contribution < 1.29 is 22.7 Å². The van der Waals surface area contributed by atoms with Gasteiger partial charge in [-0.2, -0.15) is 18.3 Å². The molecule has 1 rings (SSSR count). The fraction of sp³-hybridized carbons (Fsp3) is 0.429. The number of nitrogens with one attached hydrogen (secondary N) is 2. The number of carbonyl (C=O) groups is 1. The monoisotopic (exact) mass is 351 g/mol. The number of anilines is 1. The highest BCUT2D eigenvalue weighted by Crippen LogP contribution is 2.20. The van der Waals surface area contributed by atoms with Crippen molar-refractivity contribution in [2.45, 2.75) is 39.1 Å². The zero-order chi connectivity index (χ0) is 17.7. The summed E-state index contributed by atoms with van der Waals surface area (Å²) in [6, 6.07) is 6.34. The molecule has 0 radical (unpaired) electrons. The van der Waals surface area contributed by atoms with Crippen molar-refractivity contribution in [1.29, 1.82) is 0 Å². The van der Waals surface area contributed by atoms with E-state index in [0.717, 1.165) is 0 Å². The lowest BCUT2D eigenvalue weighted by molar-refractivity contribution is -0.0559. The summed E-state index contributed by atoms with van der Waals surface area (Å²) in [5, 5.41) is 4.08. The highest BCUT2D eigenvalue weighted by Gasteiger charge is 2.34. The Morgan fingerprint density at radius 1 is 1.30 bits per heavy atom. The Bertz CT molecular complexity index is 583. The molecule has 0 aliphatic rings. The number of alkyl halides is 3. The van der Waals surface area contributed by atoms with Gasteiger partial charge in [0.2, 0.25) is 5.17 Å². The van der Waals surface area contributed by atoms with E-state index in [4.69, 9.17) is 16.3 Å². The summed E-state index contributed by atoms with van der Waals surface area (Å²) < 4.78 is 41.7. The molecule has 0 bridgehead atoms. The maximum Gasteiger partial charge on any atom is 0.446 e. The van der Waals surface area contributed by atoms with E-state index in [2.05, 4.69) is 15.8 Å². The molecule has 1 aromatic carbocycles. The van der Waals surface area contributed by atoms with Crippen molar-refractivity contribution in [2.24, 2.45) is 5.10 Å². The van der Waals surface area contributed by atoms with Crippen molar-refractivity contribution in [3.63, 3.8) is 0 Å². The normalized spacial score (nSPS) is 12.7. The molecule has 128 valence electrons. The van der Waals surface area contributed by atoms with Crippen LogP contribution in [-0.4, -0.2) is 23.0 Å². The molecule has 0 aliphatic heterocycles. The Balaban J connectivity index is 2.62. The molecule has 0 aliphatic carbocycles. The van der Waals surface area contributed by atoms with Crippen LogP contribution in [0.3, 0.4) is 0 Å². The fourth-order valence-electron chi connectivity index (χ4n) is 1.42. The van der Waals surface area contributed by atoms with E-state index in [1.54, 1.807) is 32.9 Å². The van der Waals surface area contributed by atoms with Gasteiger partial charge in [0.25, 0.3) is 0 Å². The summed E-state index contributed by atoms with van der Waals surface area (Å²) in [4.78, 5) is 11.5. The quantitative estimate of drug-likeness (QED) is 0.630. The van der Waals surface area contributed by atoms with Crippen molar-refractivity contribution in [3.8, 4) is 0 Å². The topological polar surface area (TPSA) is 62.7 Å². The van der Waals surface area contributed by atoms with Gasteiger partial charge in [-0.3, -0.25) is 5.43 Å². The smallest absolute Gasteiger partial charge is 0.444 e. The van der Waals surface area contributed by atoms with Crippen molar-refractivity contribution in [3.05, 3.63) is 29.8 Å². The Morgan fingerprint density at radius 3 is 2.52 bits per heavy atom. The first-order chi connectivity index (χ1) is 10.5. The van der Waals surface area contributed by atoms with E-state index in [-0.39, 0.29) is 6.54 Å². The van der Waals surface area contributed by atoms with Gasteiger partial charge < -0.3 is 10.1 Å². The van der Waals surface area contributed by atoms with Crippen molar-refractivity contribution in [2.75, 3.05) is 5.43 Å². The van der Waals surface area contributed by atoms with E-state index in [9.17, 15) is 18.0 Å². The minimum Gasteiger partial charge on any atom is -0.444 e. The summed E-state index contributed by atoms with van der Waals surface area (Å²) in [5.41, 5.74) is 2.55. The molecule has 23 heavy (non-hydrogen) atoms. The Kier molecular flexibility index (Phi) is 6.26. The van der Waals surface area contributed by atoms with Gasteiger partial charge in [0.1, 0.15) is 5.60 Å². The lowest BCUT2D eigenvalue weighted by atomic mass is 10.2. The van der Waals surface area contributed by atoms with Crippen LogP contribution in [0.1, 0.15) is 26.3 Å². The number of amides is 1. The van der Waals surface area contributed by atoms with E-state index >= 15 is 0 Å². The molecule has 0 saturated carbocycles. The molecule has 0 aromatic heterocycles. The van der Waals surface area contributed by atoms with Gasteiger partial charge in [-0.05, 0) is 38.5 Å². The average Bonchev–Trinajstić information content (AvgIpc) is 2.40. The molecule has 0 heterocycles. The van der Waals surface area contributed by atoms with E-state index in [0.29, 0.717) is 11.3 Å². The standard InChI is InChI=1S/C14H17ClF3N3O2/c1-13(2,3)23-12(22)19-8-9-5-4-6-10(7-9)20-21-11(15)14(16,17)18/h4-7,20H,8H2,1-3H3,(H,19,22)/b21-11-. The lowest BCUT2D eigenvalue weighted by Crippen LogP contribution is -2.32. The number of halogens is 4. The highest BCUT2D eigenvalue weighted by atomic mass is 35.5.